The van der Waals surface area contributed by atoms with Gasteiger partial charge in [0.05, 0.1) is 0 Å². The number of nitrogens with one attached hydrogen (secondary N) is 1. The highest BCUT2D eigenvalue weighted by molar-refractivity contribution is 5.79. The first-order valence-corrected chi connectivity index (χ1v) is 14.2. The molecule has 3 aliphatic heterocycles. The minimum absolute atomic E-state index is 0.244. The lowest BCUT2D eigenvalue weighted by atomic mass is 9.77. The van der Waals surface area contributed by atoms with Crippen LogP contribution in [-0.2, 0) is 4.79 Å². The number of carbonyl (C=O) groups excluding carboxylic acids is 1. The van der Waals surface area contributed by atoms with Crippen LogP contribution in [0, 0.1) is 17.3 Å². The van der Waals surface area contributed by atoms with Crippen molar-refractivity contribution < 1.29 is 14.3 Å². The number of para-hydroxylation sites is 1. The summed E-state index contributed by atoms with van der Waals surface area (Å²) < 4.78 is 11.3. The van der Waals surface area contributed by atoms with Crippen LogP contribution < -0.4 is 14.8 Å². The van der Waals surface area contributed by atoms with E-state index in [-0.39, 0.29) is 5.92 Å². The Labute approximate surface area is 210 Å². The summed E-state index contributed by atoms with van der Waals surface area (Å²) in [7, 11) is 2.16. The Morgan fingerprint density at radius 1 is 1.03 bits per heavy atom. The van der Waals surface area contributed by atoms with E-state index in [0.717, 1.165) is 43.3 Å². The Morgan fingerprint density at radius 2 is 1.80 bits per heavy atom. The molecule has 2 saturated heterocycles. The molecule has 1 N–H and O–H groups in total. The van der Waals surface area contributed by atoms with Crippen LogP contribution in [0.2, 0.25) is 0 Å². The quantitative estimate of drug-likeness (QED) is 0.653. The number of amides is 1. The van der Waals surface area contributed by atoms with Gasteiger partial charge in [-0.25, -0.2) is 0 Å². The molecule has 0 aromatic heterocycles. The smallest absolute Gasteiger partial charge is 0.231 e. The van der Waals surface area contributed by atoms with Crippen LogP contribution in [0.15, 0.2) is 18.2 Å². The maximum Gasteiger partial charge on any atom is 0.231 e. The third-order valence-corrected chi connectivity index (χ3v) is 10.0. The lowest BCUT2D eigenvalue weighted by Crippen LogP contribution is -2.41. The van der Waals surface area contributed by atoms with Gasteiger partial charge in [-0.1, -0.05) is 12.1 Å². The summed E-state index contributed by atoms with van der Waals surface area (Å²) in [6.45, 7) is 6.11. The van der Waals surface area contributed by atoms with Crippen molar-refractivity contribution in [2.45, 2.75) is 76.2 Å². The molecule has 0 bridgehead atoms. The van der Waals surface area contributed by atoms with Crippen molar-refractivity contribution in [1.29, 1.82) is 0 Å². The molecule has 6 rings (SSSR count). The fraction of sp³-hybridized carbons (Fsp3) is 0.759. The molecule has 2 aliphatic carbocycles. The Balaban J connectivity index is 0.900. The molecular formula is C29H43N3O3. The van der Waals surface area contributed by atoms with E-state index in [4.69, 9.17) is 9.47 Å². The van der Waals surface area contributed by atoms with E-state index >= 15 is 0 Å². The second kappa shape index (κ2) is 9.93. The molecule has 1 aromatic rings. The van der Waals surface area contributed by atoms with Crippen LogP contribution in [0.1, 0.15) is 75.7 Å². The highest BCUT2D eigenvalue weighted by atomic mass is 16.7. The number of carbonyl (C=O) groups is 1. The zero-order valence-corrected chi connectivity index (χ0v) is 21.5. The van der Waals surface area contributed by atoms with Gasteiger partial charge >= 0.3 is 0 Å². The maximum atomic E-state index is 12.7. The Kier molecular flexibility index (Phi) is 6.70. The van der Waals surface area contributed by atoms with E-state index in [9.17, 15) is 4.79 Å². The molecule has 1 spiro atoms. The van der Waals surface area contributed by atoms with Gasteiger partial charge in [0, 0.05) is 17.5 Å². The van der Waals surface area contributed by atoms with Gasteiger partial charge in [-0.05, 0) is 127 Å². The zero-order chi connectivity index (χ0) is 23.8. The summed E-state index contributed by atoms with van der Waals surface area (Å²) in [5, 5.41) is 3.45. The first-order valence-electron chi connectivity index (χ1n) is 14.2. The van der Waals surface area contributed by atoms with Crippen LogP contribution in [0.5, 0.6) is 11.5 Å². The number of likely N-dealkylation sites (tertiary alicyclic amines) is 2. The van der Waals surface area contributed by atoms with Crippen LogP contribution in [0.3, 0.4) is 0 Å². The lowest BCUT2D eigenvalue weighted by molar-refractivity contribution is -0.126. The number of nitrogens with zero attached hydrogens (tertiary/aromatic N) is 2. The molecule has 0 radical (unpaired) electrons. The Bertz CT molecular complexity index is 896. The zero-order valence-electron chi connectivity index (χ0n) is 21.5. The fourth-order valence-corrected chi connectivity index (χ4v) is 7.31. The van der Waals surface area contributed by atoms with Gasteiger partial charge in [-0.2, -0.15) is 0 Å². The van der Waals surface area contributed by atoms with Crippen molar-refractivity contribution in [2.24, 2.45) is 17.3 Å². The molecule has 1 atom stereocenters. The van der Waals surface area contributed by atoms with Gasteiger partial charge < -0.3 is 24.6 Å². The number of hydrogen-bond donors (Lipinski definition) is 1. The number of hydrogen-bond acceptors (Lipinski definition) is 5. The van der Waals surface area contributed by atoms with Gasteiger partial charge in [0.2, 0.25) is 12.7 Å². The highest BCUT2D eigenvalue weighted by Crippen LogP contribution is 2.57. The van der Waals surface area contributed by atoms with E-state index in [2.05, 4.69) is 34.3 Å². The van der Waals surface area contributed by atoms with Gasteiger partial charge in [-0.3, -0.25) is 4.79 Å². The molecule has 0 unspecified atom stereocenters. The summed E-state index contributed by atoms with van der Waals surface area (Å²) in [6, 6.07) is 6.81. The standard InChI is InChI=1S/C29H43N3O3/c1-31-14-8-23(9-15-31)28(33)30-26-19-29(26)12-5-21(6-13-29)7-16-32-17-10-22(11-18-32)24-3-2-4-25-27(24)35-20-34-25/h2-4,21-23,26H,5-20H2,1H3,(H,30,33)/t21?,26-,29?/m0/s1. The van der Waals surface area contributed by atoms with E-state index in [0.29, 0.717) is 30.1 Å². The molecule has 3 heterocycles. The predicted octanol–water partition coefficient (Wildman–Crippen LogP) is 4.39. The largest absolute Gasteiger partial charge is 0.454 e. The molecule has 6 heteroatoms. The van der Waals surface area contributed by atoms with Crippen molar-refractivity contribution in [3.63, 3.8) is 0 Å². The molecular weight excluding hydrogens is 438 g/mol. The molecule has 2 saturated carbocycles. The minimum atomic E-state index is 0.244. The third kappa shape index (κ3) is 5.06. The van der Waals surface area contributed by atoms with Crippen molar-refractivity contribution in [3.05, 3.63) is 23.8 Å². The highest BCUT2D eigenvalue weighted by Gasteiger charge is 2.55. The minimum Gasteiger partial charge on any atom is -0.454 e. The first-order chi connectivity index (χ1) is 17.1. The predicted molar refractivity (Wildman–Crippen MR) is 137 cm³/mol. The molecule has 5 aliphatic rings. The summed E-state index contributed by atoms with van der Waals surface area (Å²) in [6.07, 6.45) is 12.4. The second-order valence-electron chi connectivity index (χ2n) is 12.1. The maximum absolute atomic E-state index is 12.7. The fourth-order valence-electron chi connectivity index (χ4n) is 7.31. The molecule has 35 heavy (non-hydrogen) atoms. The van der Waals surface area contributed by atoms with Crippen molar-refractivity contribution in [1.82, 2.24) is 15.1 Å². The molecule has 1 aromatic carbocycles. The molecule has 1 amide bonds. The summed E-state index contributed by atoms with van der Waals surface area (Å²) in [5.74, 6) is 3.95. The van der Waals surface area contributed by atoms with Gasteiger partial charge in [-0.15, -0.1) is 0 Å². The number of rotatable bonds is 6. The van der Waals surface area contributed by atoms with Crippen molar-refractivity contribution in [2.75, 3.05) is 46.6 Å². The van der Waals surface area contributed by atoms with E-state index in [1.807, 2.05) is 6.07 Å². The van der Waals surface area contributed by atoms with Gasteiger partial charge in [0.15, 0.2) is 11.5 Å². The number of fused-ring (bicyclic) bond motifs is 1. The average molecular weight is 482 g/mol. The summed E-state index contributed by atoms with van der Waals surface area (Å²) in [5.41, 5.74) is 1.79. The van der Waals surface area contributed by atoms with Gasteiger partial charge in [0.25, 0.3) is 0 Å². The summed E-state index contributed by atoms with van der Waals surface area (Å²) >= 11 is 0. The average Bonchev–Trinajstić information content (AvgIpc) is 3.30. The summed E-state index contributed by atoms with van der Waals surface area (Å²) in [4.78, 5) is 17.8. The van der Waals surface area contributed by atoms with Crippen LogP contribution in [0.4, 0.5) is 0 Å². The van der Waals surface area contributed by atoms with Crippen LogP contribution in [0.25, 0.3) is 0 Å². The number of benzene rings is 1. The first kappa shape index (κ1) is 23.6. The van der Waals surface area contributed by atoms with Crippen molar-refractivity contribution >= 4 is 5.91 Å². The topological polar surface area (TPSA) is 54.0 Å². The van der Waals surface area contributed by atoms with Crippen LogP contribution in [-0.4, -0.2) is 68.3 Å². The lowest BCUT2D eigenvalue weighted by Gasteiger charge is -2.35. The number of ether oxygens (including phenoxy) is 2. The Morgan fingerprint density at radius 3 is 2.57 bits per heavy atom. The molecule has 192 valence electrons. The van der Waals surface area contributed by atoms with Gasteiger partial charge in [0.1, 0.15) is 0 Å². The third-order valence-electron chi connectivity index (χ3n) is 10.0. The van der Waals surface area contributed by atoms with E-state index in [1.54, 1.807) is 0 Å². The molecule has 6 nitrogen and oxygen atoms in total. The normalized spacial score (nSPS) is 32.1. The monoisotopic (exact) mass is 481 g/mol. The number of piperidine rings is 2. The Hall–Kier alpha value is -1.79. The molecule has 4 fully saturated rings. The van der Waals surface area contributed by atoms with Crippen molar-refractivity contribution in [3.8, 4) is 11.5 Å². The van der Waals surface area contributed by atoms with E-state index < -0.39 is 0 Å². The van der Waals surface area contributed by atoms with Crippen LogP contribution >= 0.6 is 0 Å². The SMILES string of the molecule is CN1CCC(C(=O)N[C@H]2CC23CCC(CCN2CCC(c4cccc5c4OCO5)CC2)CC3)CC1. The second-order valence-corrected chi connectivity index (χ2v) is 12.1. The van der Waals surface area contributed by atoms with E-state index in [1.165, 1.54) is 76.6 Å².